The van der Waals surface area contributed by atoms with E-state index in [1.807, 2.05) is 6.07 Å². The van der Waals surface area contributed by atoms with Crippen molar-refractivity contribution in [3.8, 4) is 17.2 Å². The first-order valence-corrected chi connectivity index (χ1v) is 11.1. The van der Waals surface area contributed by atoms with Crippen LogP contribution in [0.1, 0.15) is 16.1 Å². The first-order chi connectivity index (χ1) is 17.5. The molecule has 0 radical (unpaired) electrons. The van der Waals surface area contributed by atoms with Gasteiger partial charge in [-0.25, -0.2) is 4.68 Å². The van der Waals surface area contributed by atoms with E-state index in [2.05, 4.69) is 16.1 Å². The van der Waals surface area contributed by atoms with Crippen LogP contribution in [0, 0.1) is 0 Å². The molecule has 3 aromatic carbocycles. The molecule has 0 saturated carbocycles. The van der Waals surface area contributed by atoms with Gasteiger partial charge in [-0.3, -0.25) is 19.8 Å². The highest BCUT2D eigenvalue weighted by Crippen LogP contribution is 2.32. The molecule has 0 bridgehead atoms. The SMILES string of the molecule is COc1cccc2cc(C(=O)Nc3ccccc3)n(NC(=O)C(=O)NCc3ccc4c(c3)OCO4)c12. The quantitative estimate of drug-likeness (QED) is 0.361. The van der Waals surface area contributed by atoms with Crippen molar-refractivity contribution in [2.75, 3.05) is 24.6 Å². The fourth-order valence-electron chi connectivity index (χ4n) is 3.86. The summed E-state index contributed by atoms with van der Waals surface area (Å²) in [5.41, 5.74) is 4.41. The Morgan fingerprint density at radius 1 is 0.917 bits per heavy atom. The molecule has 36 heavy (non-hydrogen) atoms. The van der Waals surface area contributed by atoms with Crippen molar-refractivity contribution in [1.29, 1.82) is 0 Å². The lowest BCUT2D eigenvalue weighted by Crippen LogP contribution is -2.39. The first-order valence-electron chi connectivity index (χ1n) is 11.1. The minimum Gasteiger partial charge on any atom is -0.494 e. The van der Waals surface area contributed by atoms with E-state index >= 15 is 0 Å². The van der Waals surface area contributed by atoms with Gasteiger partial charge in [0.25, 0.3) is 5.91 Å². The largest absolute Gasteiger partial charge is 0.494 e. The Hall–Kier alpha value is -4.99. The van der Waals surface area contributed by atoms with Gasteiger partial charge in [0, 0.05) is 17.6 Å². The van der Waals surface area contributed by atoms with Crippen LogP contribution in [0.4, 0.5) is 5.69 Å². The number of nitrogens with zero attached hydrogens (tertiary/aromatic N) is 1. The summed E-state index contributed by atoms with van der Waals surface area (Å²) in [5, 5.41) is 6.01. The second kappa shape index (κ2) is 9.71. The molecule has 2 heterocycles. The Morgan fingerprint density at radius 3 is 2.53 bits per heavy atom. The number of fused-ring (bicyclic) bond motifs is 2. The number of ether oxygens (including phenoxy) is 3. The van der Waals surface area contributed by atoms with E-state index in [1.165, 1.54) is 11.8 Å². The highest BCUT2D eigenvalue weighted by atomic mass is 16.7. The summed E-state index contributed by atoms with van der Waals surface area (Å²) >= 11 is 0. The fraction of sp³-hybridized carbons (Fsp3) is 0.115. The number of benzene rings is 3. The number of hydrogen-bond acceptors (Lipinski definition) is 6. The maximum absolute atomic E-state index is 13.1. The monoisotopic (exact) mass is 486 g/mol. The zero-order valence-corrected chi connectivity index (χ0v) is 19.2. The minimum atomic E-state index is -0.951. The number of anilines is 1. The highest BCUT2D eigenvalue weighted by Gasteiger charge is 2.23. The summed E-state index contributed by atoms with van der Waals surface area (Å²) in [6.07, 6.45) is 0. The molecule has 1 aliphatic heterocycles. The molecule has 0 aliphatic carbocycles. The maximum atomic E-state index is 13.1. The van der Waals surface area contributed by atoms with E-state index in [4.69, 9.17) is 14.2 Å². The Kier molecular flexibility index (Phi) is 6.14. The predicted octanol–water partition coefficient (Wildman–Crippen LogP) is 3.02. The molecule has 5 rings (SSSR count). The van der Waals surface area contributed by atoms with E-state index in [0.29, 0.717) is 33.8 Å². The second-order valence-electron chi connectivity index (χ2n) is 7.89. The molecule has 10 nitrogen and oxygen atoms in total. The van der Waals surface area contributed by atoms with Gasteiger partial charge in [-0.15, -0.1) is 0 Å². The van der Waals surface area contributed by atoms with E-state index in [1.54, 1.807) is 66.7 Å². The molecule has 4 aromatic rings. The van der Waals surface area contributed by atoms with E-state index in [9.17, 15) is 14.4 Å². The van der Waals surface area contributed by atoms with Crippen molar-refractivity contribution in [3.05, 3.63) is 84.1 Å². The third-order valence-electron chi connectivity index (χ3n) is 5.58. The van der Waals surface area contributed by atoms with Crippen molar-refractivity contribution in [2.45, 2.75) is 6.54 Å². The topological polar surface area (TPSA) is 120 Å². The van der Waals surface area contributed by atoms with Gasteiger partial charge in [0.1, 0.15) is 17.0 Å². The molecular formula is C26H22N4O6. The normalized spacial score (nSPS) is 11.7. The zero-order chi connectivity index (χ0) is 25.1. The number of carbonyl (C=O) groups is 3. The van der Waals surface area contributed by atoms with Crippen LogP contribution in [0.5, 0.6) is 17.2 Å². The lowest BCUT2D eigenvalue weighted by Gasteiger charge is -2.14. The van der Waals surface area contributed by atoms with Crippen LogP contribution in [0.2, 0.25) is 0 Å². The molecule has 1 aliphatic rings. The van der Waals surface area contributed by atoms with Gasteiger partial charge in [-0.2, -0.15) is 0 Å². The van der Waals surface area contributed by atoms with Crippen LogP contribution in [0.3, 0.4) is 0 Å². The Labute approximate surface area is 205 Å². The molecule has 0 fully saturated rings. The van der Waals surface area contributed by atoms with Gasteiger partial charge in [-0.1, -0.05) is 36.4 Å². The number of nitrogens with one attached hydrogen (secondary N) is 3. The fourth-order valence-corrected chi connectivity index (χ4v) is 3.86. The van der Waals surface area contributed by atoms with Gasteiger partial charge in [0.15, 0.2) is 11.5 Å². The van der Waals surface area contributed by atoms with E-state index in [0.717, 1.165) is 5.56 Å². The molecule has 10 heteroatoms. The summed E-state index contributed by atoms with van der Waals surface area (Å²) in [7, 11) is 1.48. The number of amides is 3. The predicted molar refractivity (Wildman–Crippen MR) is 132 cm³/mol. The first kappa shape index (κ1) is 22.8. The number of rotatable bonds is 6. The van der Waals surface area contributed by atoms with Crippen molar-refractivity contribution >= 4 is 34.3 Å². The highest BCUT2D eigenvalue weighted by molar-refractivity contribution is 6.38. The maximum Gasteiger partial charge on any atom is 0.328 e. The van der Waals surface area contributed by atoms with E-state index in [-0.39, 0.29) is 19.0 Å². The van der Waals surface area contributed by atoms with Crippen molar-refractivity contribution in [2.24, 2.45) is 0 Å². The average Bonchev–Trinajstić information content (AvgIpc) is 3.52. The number of methoxy groups -OCH3 is 1. The molecule has 3 amide bonds. The molecule has 0 spiro atoms. The third kappa shape index (κ3) is 4.51. The molecular weight excluding hydrogens is 464 g/mol. The number of aromatic nitrogens is 1. The van der Waals surface area contributed by atoms with Gasteiger partial charge in [0.05, 0.1) is 7.11 Å². The van der Waals surface area contributed by atoms with Crippen LogP contribution in [-0.4, -0.2) is 36.3 Å². The summed E-state index contributed by atoms with van der Waals surface area (Å²) in [6.45, 7) is 0.238. The van der Waals surface area contributed by atoms with Gasteiger partial charge in [0.2, 0.25) is 6.79 Å². The zero-order valence-electron chi connectivity index (χ0n) is 19.2. The number of carbonyl (C=O) groups excluding carboxylic acids is 3. The van der Waals surface area contributed by atoms with Gasteiger partial charge in [-0.05, 0) is 42.0 Å². The second-order valence-corrected chi connectivity index (χ2v) is 7.89. The summed E-state index contributed by atoms with van der Waals surface area (Å²) in [5.74, 6) is -0.677. The molecule has 0 saturated heterocycles. The third-order valence-corrected chi connectivity index (χ3v) is 5.58. The summed E-state index contributed by atoms with van der Waals surface area (Å²) < 4.78 is 17.3. The Morgan fingerprint density at radius 2 is 1.72 bits per heavy atom. The molecule has 1 aromatic heterocycles. The summed E-state index contributed by atoms with van der Waals surface area (Å²) in [6, 6.07) is 21.0. The van der Waals surface area contributed by atoms with E-state index < -0.39 is 17.7 Å². The lowest BCUT2D eigenvalue weighted by atomic mass is 10.2. The van der Waals surface area contributed by atoms with Crippen LogP contribution in [-0.2, 0) is 16.1 Å². The lowest BCUT2D eigenvalue weighted by molar-refractivity contribution is -0.136. The number of hydrogen-bond donors (Lipinski definition) is 3. The standard InChI is InChI=1S/C26H22N4O6/c1-34-21-9-5-6-17-13-19(24(31)28-18-7-3-2-4-8-18)30(23(17)21)29-26(33)25(32)27-14-16-10-11-20-22(12-16)36-15-35-20/h2-13H,14-15H2,1H3,(H,27,32)(H,28,31)(H,29,33). The molecule has 182 valence electrons. The smallest absolute Gasteiger partial charge is 0.328 e. The van der Waals surface area contributed by atoms with Gasteiger partial charge >= 0.3 is 11.8 Å². The molecule has 0 atom stereocenters. The van der Waals surface area contributed by atoms with Crippen molar-refractivity contribution in [1.82, 2.24) is 9.99 Å². The molecule has 0 unspecified atom stereocenters. The van der Waals surface area contributed by atoms with Crippen LogP contribution >= 0.6 is 0 Å². The molecule has 3 N–H and O–H groups in total. The van der Waals surface area contributed by atoms with Crippen LogP contribution in [0.15, 0.2) is 72.8 Å². The Balaban J connectivity index is 1.37. The van der Waals surface area contributed by atoms with Gasteiger partial charge < -0.3 is 24.8 Å². The van der Waals surface area contributed by atoms with Crippen LogP contribution in [0.25, 0.3) is 10.9 Å². The van der Waals surface area contributed by atoms with Crippen molar-refractivity contribution in [3.63, 3.8) is 0 Å². The average molecular weight is 486 g/mol. The minimum absolute atomic E-state index is 0.0972. The van der Waals surface area contributed by atoms with Crippen molar-refractivity contribution < 1.29 is 28.6 Å². The Bertz CT molecular complexity index is 1460. The van der Waals surface area contributed by atoms with Crippen LogP contribution < -0.4 is 30.3 Å². The number of para-hydroxylation sites is 2. The summed E-state index contributed by atoms with van der Waals surface area (Å²) in [4.78, 5) is 38.6.